The molecule has 0 heterocycles. The fraction of sp³-hybridized carbons (Fsp3) is 0.125. The second kappa shape index (κ2) is 3.48. The number of carbonyl (C=O) groups excluding carboxylic acids is 1. The van der Waals surface area contributed by atoms with E-state index in [1.165, 1.54) is 0 Å². The summed E-state index contributed by atoms with van der Waals surface area (Å²) in [6.07, 6.45) is -5.07. The van der Waals surface area contributed by atoms with Crippen LogP contribution in [0.2, 0.25) is 0 Å². The molecule has 0 saturated heterocycles. The van der Waals surface area contributed by atoms with E-state index in [0.717, 1.165) is 0 Å². The van der Waals surface area contributed by atoms with Gasteiger partial charge in [-0.25, -0.2) is 8.78 Å². The summed E-state index contributed by atoms with van der Waals surface area (Å²) in [5, 5.41) is 0. The summed E-state index contributed by atoms with van der Waals surface area (Å²) in [7, 11) is 0. The van der Waals surface area contributed by atoms with Gasteiger partial charge >= 0.3 is 6.18 Å². The van der Waals surface area contributed by atoms with Crippen LogP contribution in [0.25, 0.3) is 0 Å². The molecule has 0 atom stereocenters. The van der Waals surface area contributed by atoms with E-state index in [-0.39, 0.29) is 6.07 Å². The van der Waals surface area contributed by atoms with E-state index in [2.05, 4.69) is 5.73 Å². The van der Waals surface area contributed by atoms with Crippen LogP contribution < -0.4 is 5.73 Å². The number of benzene rings is 1. The molecule has 0 spiro atoms. The number of alkyl halides is 3. The first kappa shape index (κ1) is 11.4. The molecule has 1 aromatic rings. The average Bonchev–Trinajstić information content (AvgIpc) is 2.06. The molecule has 0 fully saturated rings. The Balaban J connectivity index is 3.45. The van der Waals surface area contributed by atoms with Gasteiger partial charge in [-0.2, -0.15) is 13.2 Å². The summed E-state index contributed by atoms with van der Waals surface area (Å²) in [6, 6.07) is 0.480. The predicted octanol–water partition coefficient (Wildman–Crippen LogP) is 2.08. The van der Waals surface area contributed by atoms with Crippen LogP contribution in [0.1, 0.15) is 15.9 Å². The Morgan fingerprint density at radius 3 is 2.13 bits per heavy atom. The molecule has 0 aromatic heterocycles. The fourth-order valence-electron chi connectivity index (χ4n) is 0.938. The molecular weight excluding hydrogens is 221 g/mol. The van der Waals surface area contributed by atoms with Gasteiger partial charge in [-0.3, -0.25) is 4.79 Å². The zero-order valence-corrected chi connectivity index (χ0v) is 7.03. The van der Waals surface area contributed by atoms with Crippen molar-refractivity contribution in [2.45, 2.75) is 6.18 Å². The Kier molecular flexibility index (Phi) is 2.65. The van der Waals surface area contributed by atoms with Gasteiger partial charge < -0.3 is 5.73 Å². The molecule has 0 aliphatic heterocycles. The van der Waals surface area contributed by atoms with E-state index >= 15 is 0 Å². The molecule has 0 saturated carbocycles. The monoisotopic (exact) mass is 225 g/mol. The standard InChI is InChI=1S/C8H4F5NO/c9-5-2-3(7(14)15)1-4(6(5)10)8(11,12)13/h1-2H,(H2,14,15). The van der Waals surface area contributed by atoms with Gasteiger partial charge in [0.2, 0.25) is 5.91 Å². The minimum atomic E-state index is -5.07. The van der Waals surface area contributed by atoms with Crippen LogP contribution >= 0.6 is 0 Å². The summed E-state index contributed by atoms with van der Waals surface area (Å²) < 4.78 is 61.7. The summed E-state index contributed by atoms with van der Waals surface area (Å²) in [5.41, 5.74) is 2.06. The number of hydrogen-bond acceptors (Lipinski definition) is 1. The van der Waals surface area contributed by atoms with Crippen LogP contribution in [0.5, 0.6) is 0 Å². The summed E-state index contributed by atoms with van der Waals surface area (Å²) in [6.45, 7) is 0. The molecule has 15 heavy (non-hydrogen) atoms. The predicted molar refractivity (Wildman–Crippen MR) is 39.9 cm³/mol. The van der Waals surface area contributed by atoms with E-state index in [1.807, 2.05) is 0 Å². The van der Waals surface area contributed by atoms with Crippen LogP contribution in [-0.2, 0) is 6.18 Å². The van der Waals surface area contributed by atoms with Crippen molar-refractivity contribution < 1.29 is 26.7 Å². The quantitative estimate of drug-likeness (QED) is 0.730. The van der Waals surface area contributed by atoms with Crippen LogP contribution in [0, 0.1) is 11.6 Å². The van der Waals surface area contributed by atoms with Crippen molar-refractivity contribution in [2.75, 3.05) is 0 Å². The molecule has 7 heteroatoms. The Labute approximate surface area is 80.5 Å². The smallest absolute Gasteiger partial charge is 0.366 e. The Hall–Kier alpha value is -1.66. The van der Waals surface area contributed by atoms with Gasteiger partial charge in [0.25, 0.3) is 0 Å². The van der Waals surface area contributed by atoms with Crippen molar-refractivity contribution in [1.82, 2.24) is 0 Å². The van der Waals surface area contributed by atoms with Crippen molar-refractivity contribution in [3.05, 3.63) is 34.9 Å². The van der Waals surface area contributed by atoms with Crippen molar-refractivity contribution in [2.24, 2.45) is 5.73 Å². The van der Waals surface area contributed by atoms with Crippen molar-refractivity contribution in [3.63, 3.8) is 0 Å². The lowest BCUT2D eigenvalue weighted by atomic mass is 10.1. The van der Waals surface area contributed by atoms with Gasteiger partial charge in [-0.1, -0.05) is 0 Å². The molecule has 0 aliphatic rings. The largest absolute Gasteiger partial charge is 0.419 e. The van der Waals surface area contributed by atoms with E-state index in [9.17, 15) is 26.7 Å². The number of nitrogens with two attached hydrogens (primary N) is 1. The SMILES string of the molecule is NC(=O)c1cc(F)c(F)c(C(F)(F)F)c1. The van der Waals surface area contributed by atoms with Gasteiger partial charge in [-0.05, 0) is 12.1 Å². The topological polar surface area (TPSA) is 43.1 Å². The average molecular weight is 225 g/mol. The third-order valence-electron chi connectivity index (χ3n) is 1.62. The summed E-state index contributed by atoms with van der Waals surface area (Å²) in [5.74, 6) is -5.08. The van der Waals surface area contributed by atoms with Gasteiger partial charge in [-0.15, -0.1) is 0 Å². The highest BCUT2D eigenvalue weighted by molar-refractivity contribution is 5.93. The molecule has 0 unspecified atom stereocenters. The lowest BCUT2D eigenvalue weighted by Gasteiger charge is -2.09. The number of primary amides is 1. The van der Waals surface area contributed by atoms with Crippen LogP contribution in [0.4, 0.5) is 22.0 Å². The summed E-state index contributed by atoms with van der Waals surface area (Å²) in [4.78, 5) is 10.5. The van der Waals surface area contributed by atoms with Crippen molar-refractivity contribution in [1.29, 1.82) is 0 Å². The van der Waals surface area contributed by atoms with Crippen molar-refractivity contribution in [3.8, 4) is 0 Å². The minimum absolute atomic E-state index is 0.167. The Morgan fingerprint density at radius 2 is 1.73 bits per heavy atom. The highest BCUT2D eigenvalue weighted by atomic mass is 19.4. The molecule has 0 bridgehead atoms. The Morgan fingerprint density at radius 1 is 1.20 bits per heavy atom. The van der Waals surface area contributed by atoms with E-state index in [1.54, 1.807) is 0 Å². The van der Waals surface area contributed by atoms with Gasteiger partial charge in [0, 0.05) is 5.56 Å². The van der Waals surface area contributed by atoms with Crippen LogP contribution in [-0.4, -0.2) is 5.91 Å². The molecule has 1 aromatic carbocycles. The second-order valence-corrected chi connectivity index (χ2v) is 2.68. The zero-order chi connectivity index (χ0) is 11.8. The number of amides is 1. The molecular formula is C8H4F5NO. The number of halogens is 5. The van der Waals surface area contributed by atoms with Gasteiger partial charge in [0.05, 0.1) is 5.56 Å². The van der Waals surface area contributed by atoms with Crippen LogP contribution in [0.3, 0.4) is 0 Å². The number of rotatable bonds is 1. The zero-order valence-electron chi connectivity index (χ0n) is 7.03. The molecule has 82 valence electrons. The summed E-state index contributed by atoms with van der Waals surface area (Å²) >= 11 is 0. The highest BCUT2D eigenvalue weighted by Crippen LogP contribution is 2.32. The molecule has 0 aliphatic carbocycles. The normalized spacial score (nSPS) is 11.5. The molecule has 2 nitrogen and oxygen atoms in total. The number of hydrogen-bond donors (Lipinski definition) is 1. The first-order valence-electron chi connectivity index (χ1n) is 3.59. The molecule has 1 rings (SSSR count). The lowest BCUT2D eigenvalue weighted by molar-refractivity contribution is -0.140. The molecule has 1 amide bonds. The number of carbonyl (C=O) groups is 1. The van der Waals surface area contributed by atoms with Gasteiger partial charge in [0.1, 0.15) is 0 Å². The maximum atomic E-state index is 12.7. The second-order valence-electron chi connectivity index (χ2n) is 2.68. The van der Waals surface area contributed by atoms with E-state index in [4.69, 9.17) is 0 Å². The lowest BCUT2D eigenvalue weighted by Crippen LogP contribution is -2.16. The highest BCUT2D eigenvalue weighted by Gasteiger charge is 2.36. The molecule has 0 radical (unpaired) electrons. The minimum Gasteiger partial charge on any atom is -0.366 e. The maximum Gasteiger partial charge on any atom is 0.419 e. The third kappa shape index (κ3) is 2.23. The first-order chi connectivity index (χ1) is 6.73. The maximum absolute atomic E-state index is 12.7. The van der Waals surface area contributed by atoms with Crippen LogP contribution in [0.15, 0.2) is 12.1 Å². The third-order valence-corrected chi connectivity index (χ3v) is 1.62. The fourth-order valence-corrected chi connectivity index (χ4v) is 0.938. The molecule has 2 N–H and O–H groups in total. The first-order valence-corrected chi connectivity index (χ1v) is 3.59. The van der Waals surface area contributed by atoms with E-state index < -0.39 is 34.8 Å². The van der Waals surface area contributed by atoms with Crippen molar-refractivity contribution >= 4 is 5.91 Å². The van der Waals surface area contributed by atoms with E-state index in [0.29, 0.717) is 6.07 Å². The Bertz CT molecular complexity index is 412. The van der Waals surface area contributed by atoms with Gasteiger partial charge in [0.15, 0.2) is 11.6 Å².